The van der Waals surface area contributed by atoms with Gasteiger partial charge in [0.05, 0.1) is 5.54 Å². The fourth-order valence-corrected chi connectivity index (χ4v) is 4.84. The lowest BCUT2D eigenvalue weighted by atomic mass is 9.88. The molecule has 1 aliphatic rings. The minimum atomic E-state index is -4.37. The average molecular weight is 423 g/mol. The molecule has 3 N–H and O–H groups in total. The predicted molar refractivity (Wildman–Crippen MR) is 106 cm³/mol. The number of amides is 1. The third-order valence-corrected chi connectivity index (χ3v) is 7.15. The molecule has 9 heteroatoms. The van der Waals surface area contributed by atoms with Gasteiger partial charge in [-0.05, 0) is 49.1 Å². The zero-order chi connectivity index (χ0) is 21.2. The van der Waals surface area contributed by atoms with Gasteiger partial charge < -0.3 is 11.1 Å². The summed E-state index contributed by atoms with van der Waals surface area (Å²) < 4.78 is 54.2. The Morgan fingerprint density at radius 3 is 2.17 bits per heavy atom. The van der Waals surface area contributed by atoms with Gasteiger partial charge in [0.25, 0.3) is 0 Å². The van der Waals surface area contributed by atoms with Gasteiger partial charge in [-0.3, -0.25) is 4.79 Å². The number of halogens is 2. The highest BCUT2D eigenvalue weighted by Gasteiger charge is 2.42. The molecule has 3 rings (SSSR count). The van der Waals surface area contributed by atoms with Crippen LogP contribution in [0, 0.1) is 11.6 Å². The molecule has 0 aromatic heterocycles. The van der Waals surface area contributed by atoms with Crippen molar-refractivity contribution < 1.29 is 22.0 Å². The second kappa shape index (κ2) is 8.17. The summed E-state index contributed by atoms with van der Waals surface area (Å²) in [5, 5.41) is 2.76. The molecule has 0 spiro atoms. The summed E-state index contributed by atoms with van der Waals surface area (Å²) >= 11 is 0. The van der Waals surface area contributed by atoms with Gasteiger partial charge in [0.2, 0.25) is 15.9 Å². The number of piperidine rings is 1. The van der Waals surface area contributed by atoms with Crippen molar-refractivity contribution in [1.82, 2.24) is 4.31 Å². The van der Waals surface area contributed by atoms with Crippen LogP contribution in [0.4, 0.5) is 14.5 Å². The average Bonchev–Trinajstić information content (AvgIpc) is 2.68. The molecular weight excluding hydrogens is 400 g/mol. The van der Waals surface area contributed by atoms with Gasteiger partial charge in [-0.25, -0.2) is 17.2 Å². The Morgan fingerprint density at radius 2 is 1.66 bits per heavy atom. The van der Waals surface area contributed by atoms with Crippen molar-refractivity contribution in [2.45, 2.75) is 36.6 Å². The van der Waals surface area contributed by atoms with Crippen molar-refractivity contribution >= 4 is 21.6 Å². The maximum Gasteiger partial charge on any atom is 0.248 e. The highest BCUT2D eigenvalue weighted by Crippen LogP contribution is 2.29. The largest absolute Gasteiger partial charge is 0.324 e. The van der Waals surface area contributed by atoms with Crippen molar-refractivity contribution in [3.63, 3.8) is 0 Å². The van der Waals surface area contributed by atoms with Gasteiger partial charge in [-0.1, -0.05) is 25.1 Å². The number of rotatable bonds is 5. The van der Waals surface area contributed by atoms with Crippen LogP contribution in [0.3, 0.4) is 0 Å². The number of benzene rings is 2. The molecule has 29 heavy (non-hydrogen) atoms. The van der Waals surface area contributed by atoms with Crippen LogP contribution < -0.4 is 11.1 Å². The van der Waals surface area contributed by atoms with Crippen molar-refractivity contribution in [3.8, 4) is 0 Å². The Kier molecular flexibility index (Phi) is 6.02. The van der Waals surface area contributed by atoms with Gasteiger partial charge in [0.1, 0.15) is 11.6 Å². The van der Waals surface area contributed by atoms with E-state index in [4.69, 9.17) is 5.73 Å². The third kappa shape index (κ3) is 4.31. The molecule has 2 aromatic carbocycles. The number of hydrogen-bond acceptors (Lipinski definition) is 4. The molecule has 156 valence electrons. The normalized spacial score (nSPS) is 17.1. The number of aryl methyl sites for hydroxylation is 1. The molecule has 6 nitrogen and oxygen atoms in total. The quantitative estimate of drug-likeness (QED) is 0.773. The minimum absolute atomic E-state index is 0.0289. The number of carbonyl (C=O) groups excluding carboxylic acids is 1. The number of hydrogen-bond donors (Lipinski definition) is 2. The molecule has 1 saturated heterocycles. The first-order chi connectivity index (χ1) is 13.7. The van der Waals surface area contributed by atoms with Crippen LogP contribution in [0.25, 0.3) is 0 Å². The summed E-state index contributed by atoms with van der Waals surface area (Å²) in [6, 6.07) is 10.2. The molecule has 0 unspecified atom stereocenters. The summed E-state index contributed by atoms with van der Waals surface area (Å²) in [7, 11) is -4.37. The van der Waals surface area contributed by atoms with E-state index in [1.807, 2.05) is 19.1 Å². The highest BCUT2D eigenvalue weighted by molar-refractivity contribution is 7.89. The smallest absolute Gasteiger partial charge is 0.248 e. The van der Waals surface area contributed by atoms with Crippen molar-refractivity contribution in [2.75, 3.05) is 18.4 Å². The monoisotopic (exact) mass is 423 g/mol. The van der Waals surface area contributed by atoms with E-state index in [2.05, 4.69) is 5.32 Å². The SMILES string of the molecule is CCc1ccc(NC(=O)C2(N)CCN(S(=O)(=O)c3c(F)cccc3F)CC2)cc1. The van der Waals surface area contributed by atoms with Crippen LogP contribution in [0.2, 0.25) is 0 Å². The van der Waals surface area contributed by atoms with E-state index in [-0.39, 0.29) is 25.9 Å². The van der Waals surface area contributed by atoms with Crippen LogP contribution in [0.1, 0.15) is 25.3 Å². The Labute approximate surface area is 168 Å². The van der Waals surface area contributed by atoms with Crippen molar-refractivity contribution in [1.29, 1.82) is 0 Å². The van der Waals surface area contributed by atoms with Crippen LogP contribution in [0.15, 0.2) is 47.4 Å². The second-order valence-electron chi connectivity index (χ2n) is 7.12. The molecule has 0 aliphatic carbocycles. The van der Waals surface area contributed by atoms with Crippen LogP contribution >= 0.6 is 0 Å². The Hall–Kier alpha value is -2.36. The van der Waals surface area contributed by atoms with Crippen molar-refractivity contribution in [2.24, 2.45) is 5.73 Å². The lowest BCUT2D eigenvalue weighted by Gasteiger charge is -2.37. The molecule has 0 bridgehead atoms. The standard InChI is InChI=1S/C20H23F2N3O3S/c1-2-14-6-8-15(9-7-14)24-19(26)20(23)10-12-25(13-11-20)29(27,28)18-16(21)4-3-5-17(18)22/h3-9H,2,10-13,23H2,1H3,(H,24,26). The van der Waals surface area contributed by atoms with Gasteiger partial charge in [0, 0.05) is 18.8 Å². The summed E-state index contributed by atoms with van der Waals surface area (Å²) in [5.41, 5.74) is 6.68. The number of anilines is 1. The molecule has 0 atom stereocenters. The summed E-state index contributed by atoms with van der Waals surface area (Å²) in [5.74, 6) is -2.72. The molecule has 2 aromatic rings. The van der Waals surface area contributed by atoms with Crippen molar-refractivity contribution in [3.05, 3.63) is 59.7 Å². The predicted octanol–water partition coefficient (Wildman–Crippen LogP) is 2.65. The van der Waals surface area contributed by atoms with Gasteiger partial charge in [-0.15, -0.1) is 0 Å². The first-order valence-corrected chi connectivity index (χ1v) is 10.7. The zero-order valence-electron chi connectivity index (χ0n) is 16.0. The lowest BCUT2D eigenvalue weighted by molar-refractivity contribution is -0.122. The second-order valence-corrected chi connectivity index (χ2v) is 8.99. The Bertz CT molecular complexity index is 982. The minimum Gasteiger partial charge on any atom is -0.324 e. The molecule has 1 aliphatic heterocycles. The van der Waals surface area contributed by atoms with E-state index in [0.717, 1.165) is 34.5 Å². The number of carbonyl (C=O) groups is 1. The lowest BCUT2D eigenvalue weighted by Crippen LogP contribution is -2.58. The molecule has 1 heterocycles. The van der Waals surface area contributed by atoms with Crippen LogP contribution in [-0.4, -0.2) is 37.3 Å². The zero-order valence-corrected chi connectivity index (χ0v) is 16.8. The third-order valence-electron chi connectivity index (χ3n) is 5.20. The molecule has 0 saturated carbocycles. The number of sulfonamides is 1. The van der Waals surface area contributed by atoms with E-state index in [0.29, 0.717) is 5.69 Å². The topological polar surface area (TPSA) is 92.5 Å². The van der Waals surface area contributed by atoms with Crippen LogP contribution in [0.5, 0.6) is 0 Å². The van der Waals surface area contributed by atoms with Gasteiger partial charge in [0.15, 0.2) is 4.90 Å². The van der Waals surface area contributed by atoms with Gasteiger partial charge >= 0.3 is 0 Å². The van der Waals surface area contributed by atoms with Gasteiger partial charge in [-0.2, -0.15) is 4.31 Å². The first-order valence-electron chi connectivity index (χ1n) is 9.31. The molecule has 1 amide bonds. The summed E-state index contributed by atoms with van der Waals surface area (Å²) in [6.45, 7) is 1.79. The highest BCUT2D eigenvalue weighted by atomic mass is 32.2. The fraction of sp³-hybridized carbons (Fsp3) is 0.350. The molecular formula is C20H23F2N3O3S. The molecule has 0 radical (unpaired) electrons. The Morgan fingerprint density at radius 1 is 1.10 bits per heavy atom. The molecule has 1 fully saturated rings. The summed E-state index contributed by atoms with van der Waals surface area (Å²) in [4.78, 5) is 11.7. The van der Waals surface area contributed by atoms with E-state index in [9.17, 15) is 22.0 Å². The van der Waals surface area contributed by atoms with E-state index in [1.165, 1.54) is 0 Å². The summed E-state index contributed by atoms with van der Waals surface area (Å²) in [6.07, 6.45) is 0.935. The first kappa shape index (κ1) is 21.4. The van der Waals surface area contributed by atoms with E-state index < -0.39 is 38.0 Å². The number of nitrogens with two attached hydrogens (primary N) is 1. The maximum atomic E-state index is 13.9. The van der Waals surface area contributed by atoms with E-state index in [1.54, 1.807) is 12.1 Å². The van der Waals surface area contributed by atoms with E-state index >= 15 is 0 Å². The maximum absolute atomic E-state index is 13.9. The Balaban J connectivity index is 1.70. The number of nitrogens with one attached hydrogen (secondary N) is 1. The van der Waals surface area contributed by atoms with Crippen LogP contribution in [-0.2, 0) is 21.2 Å². The fourth-order valence-electron chi connectivity index (χ4n) is 3.29. The number of nitrogens with zero attached hydrogens (tertiary/aromatic N) is 1.